The van der Waals surface area contributed by atoms with Crippen LogP contribution in [0.2, 0.25) is 0 Å². The van der Waals surface area contributed by atoms with E-state index in [-0.39, 0.29) is 0 Å². The average Bonchev–Trinajstić information content (AvgIpc) is 2.25. The van der Waals surface area contributed by atoms with E-state index >= 15 is 0 Å². The van der Waals surface area contributed by atoms with E-state index in [0.717, 1.165) is 5.56 Å². The lowest BCUT2D eigenvalue weighted by molar-refractivity contribution is 0.582. The van der Waals surface area contributed by atoms with Gasteiger partial charge in [-0.15, -0.1) is 0 Å². The van der Waals surface area contributed by atoms with Gasteiger partial charge in [-0.3, -0.25) is 0 Å². The quantitative estimate of drug-likeness (QED) is 0.647. The van der Waals surface area contributed by atoms with Crippen LogP contribution in [0.3, 0.4) is 0 Å². The highest BCUT2D eigenvalue weighted by Gasteiger charge is 2.11. The first-order valence-corrected chi connectivity index (χ1v) is 7.10. The van der Waals surface area contributed by atoms with Crippen molar-refractivity contribution in [3.05, 3.63) is 41.5 Å². The normalized spacial score (nSPS) is 11.2. The largest absolute Gasteiger partial charge is 0.240 e. The maximum atomic E-state index is 11.9. The monoisotopic (exact) mass is 253 g/mol. The summed E-state index contributed by atoms with van der Waals surface area (Å²) in [5.74, 6) is 0. The summed E-state index contributed by atoms with van der Waals surface area (Å²) in [6.45, 7) is 6.35. The molecule has 0 heterocycles. The van der Waals surface area contributed by atoms with Gasteiger partial charge >= 0.3 is 0 Å². The molecule has 0 amide bonds. The molecule has 0 aromatic heterocycles. The van der Waals surface area contributed by atoms with Gasteiger partial charge in [-0.05, 0) is 39.3 Å². The van der Waals surface area contributed by atoms with Crippen LogP contribution in [-0.2, 0) is 10.0 Å². The van der Waals surface area contributed by atoms with Crippen LogP contribution in [-0.4, -0.2) is 15.0 Å². The lowest BCUT2D eigenvalue weighted by Crippen LogP contribution is -2.24. The molecular formula is C13H19NO2S. The fourth-order valence-electron chi connectivity index (χ4n) is 1.35. The molecular weight excluding hydrogens is 234 g/mol. The van der Waals surface area contributed by atoms with Crippen molar-refractivity contribution in [1.29, 1.82) is 0 Å². The molecule has 0 bridgehead atoms. The summed E-state index contributed by atoms with van der Waals surface area (Å²) in [5.41, 5.74) is 2.24. The SMILES string of the molecule is CC(C)=CCCNS(=O)(=O)c1ccc(C)cc1. The molecule has 0 unspecified atom stereocenters. The maximum Gasteiger partial charge on any atom is 0.240 e. The van der Waals surface area contributed by atoms with Crippen molar-refractivity contribution in [1.82, 2.24) is 4.72 Å². The number of aryl methyl sites for hydroxylation is 1. The van der Waals surface area contributed by atoms with Crippen molar-refractivity contribution in [2.45, 2.75) is 32.1 Å². The molecule has 1 aromatic rings. The molecule has 0 fully saturated rings. The Hall–Kier alpha value is -1.13. The van der Waals surface area contributed by atoms with Gasteiger partial charge in [0.05, 0.1) is 4.90 Å². The molecule has 1 N–H and O–H groups in total. The molecule has 4 heteroatoms. The second kappa shape index (κ2) is 5.98. The molecule has 17 heavy (non-hydrogen) atoms. The fourth-order valence-corrected chi connectivity index (χ4v) is 2.40. The zero-order chi connectivity index (χ0) is 12.9. The van der Waals surface area contributed by atoms with Crippen LogP contribution in [0, 0.1) is 6.92 Å². The standard InChI is InChI=1S/C13H19NO2S/c1-11(2)5-4-10-14-17(15,16)13-8-6-12(3)7-9-13/h5-9,14H,4,10H2,1-3H3. The first-order valence-electron chi connectivity index (χ1n) is 5.61. The van der Waals surface area contributed by atoms with Crippen molar-refractivity contribution in [2.75, 3.05) is 6.54 Å². The van der Waals surface area contributed by atoms with E-state index in [1.54, 1.807) is 24.3 Å². The number of hydrogen-bond donors (Lipinski definition) is 1. The average molecular weight is 253 g/mol. The molecule has 0 saturated heterocycles. The van der Waals surface area contributed by atoms with E-state index in [1.807, 2.05) is 26.8 Å². The lowest BCUT2D eigenvalue weighted by atomic mass is 10.2. The fraction of sp³-hybridized carbons (Fsp3) is 0.385. The number of hydrogen-bond acceptors (Lipinski definition) is 2. The molecule has 94 valence electrons. The lowest BCUT2D eigenvalue weighted by Gasteiger charge is -2.05. The molecule has 0 radical (unpaired) electrons. The van der Waals surface area contributed by atoms with E-state index in [4.69, 9.17) is 0 Å². The molecule has 3 nitrogen and oxygen atoms in total. The van der Waals surface area contributed by atoms with E-state index in [2.05, 4.69) is 4.72 Å². The summed E-state index contributed by atoms with van der Waals surface area (Å²) in [7, 11) is -3.35. The third-order valence-electron chi connectivity index (χ3n) is 2.32. The minimum atomic E-state index is -3.35. The van der Waals surface area contributed by atoms with E-state index in [9.17, 15) is 8.42 Å². The van der Waals surface area contributed by atoms with Gasteiger partial charge in [-0.25, -0.2) is 13.1 Å². The first kappa shape index (κ1) is 13.9. The topological polar surface area (TPSA) is 46.2 Å². The third-order valence-corrected chi connectivity index (χ3v) is 3.80. The van der Waals surface area contributed by atoms with Crippen molar-refractivity contribution in [3.8, 4) is 0 Å². The number of benzene rings is 1. The van der Waals surface area contributed by atoms with Crippen LogP contribution in [0.5, 0.6) is 0 Å². The summed E-state index contributed by atoms with van der Waals surface area (Å²) in [4.78, 5) is 0.320. The van der Waals surface area contributed by atoms with Gasteiger partial charge < -0.3 is 0 Å². The predicted molar refractivity (Wildman–Crippen MR) is 70.4 cm³/mol. The summed E-state index contributed by atoms with van der Waals surface area (Å²) >= 11 is 0. The highest BCUT2D eigenvalue weighted by Crippen LogP contribution is 2.09. The van der Waals surface area contributed by atoms with Gasteiger partial charge in [0.1, 0.15) is 0 Å². The van der Waals surface area contributed by atoms with Crippen LogP contribution in [0.1, 0.15) is 25.8 Å². The Morgan fingerprint density at radius 2 is 1.82 bits per heavy atom. The van der Waals surface area contributed by atoms with Crippen LogP contribution >= 0.6 is 0 Å². The maximum absolute atomic E-state index is 11.9. The van der Waals surface area contributed by atoms with Crippen molar-refractivity contribution >= 4 is 10.0 Å². The van der Waals surface area contributed by atoms with Gasteiger partial charge in [0.2, 0.25) is 10.0 Å². The summed E-state index contributed by atoms with van der Waals surface area (Å²) in [5, 5.41) is 0. The Morgan fingerprint density at radius 3 is 2.35 bits per heavy atom. The van der Waals surface area contributed by atoms with E-state index < -0.39 is 10.0 Å². The molecule has 1 aromatic carbocycles. The molecule has 1 rings (SSSR count). The Balaban J connectivity index is 2.63. The Kier molecular flexibility index (Phi) is 4.90. The molecule has 0 aliphatic rings. The van der Waals surface area contributed by atoms with Gasteiger partial charge in [-0.1, -0.05) is 29.3 Å². The summed E-state index contributed by atoms with van der Waals surface area (Å²) < 4.78 is 26.3. The smallest absolute Gasteiger partial charge is 0.211 e. The molecule has 0 aliphatic carbocycles. The zero-order valence-electron chi connectivity index (χ0n) is 10.5. The zero-order valence-corrected chi connectivity index (χ0v) is 11.3. The highest BCUT2D eigenvalue weighted by molar-refractivity contribution is 7.89. The second-order valence-electron chi connectivity index (χ2n) is 4.28. The van der Waals surface area contributed by atoms with E-state index in [0.29, 0.717) is 17.9 Å². The Morgan fingerprint density at radius 1 is 1.24 bits per heavy atom. The predicted octanol–water partition coefficient (Wildman–Crippen LogP) is 2.63. The van der Waals surface area contributed by atoms with Gasteiger partial charge in [0.15, 0.2) is 0 Å². The Bertz CT molecular complexity index is 483. The molecule has 0 aliphatic heterocycles. The second-order valence-corrected chi connectivity index (χ2v) is 6.05. The van der Waals surface area contributed by atoms with Crippen molar-refractivity contribution in [2.24, 2.45) is 0 Å². The first-order chi connectivity index (χ1) is 7.92. The number of sulfonamides is 1. The number of allylic oxidation sites excluding steroid dienone is 1. The minimum absolute atomic E-state index is 0.320. The summed E-state index contributed by atoms with van der Waals surface area (Å²) in [6, 6.07) is 6.84. The number of rotatable bonds is 5. The van der Waals surface area contributed by atoms with Crippen LogP contribution in [0.4, 0.5) is 0 Å². The summed E-state index contributed by atoms with van der Waals surface area (Å²) in [6.07, 6.45) is 2.73. The highest BCUT2D eigenvalue weighted by atomic mass is 32.2. The van der Waals surface area contributed by atoms with Crippen LogP contribution in [0.15, 0.2) is 40.8 Å². The Labute approximate surface area is 104 Å². The molecule has 0 spiro atoms. The van der Waals surface area contributed by atoms with Crippen LogP contribution < -0.4 is 4.72 Å². The number of nitrogens with one attached hydrogen (secondary N) is 1. The minimum Gasteiger partial charge on any atom is -0.211 e. The van der Waals surface area contributed by atoms with Gasteiger partial charge in [0.25, 0.3) is 0 Å². The molecule has 0 saturated carbocycles. The van der Waals surface area contributed by atoms with Gasteiger partial charge in [-0.2, -0.15) is 0 Å². The van der Waals surface area contributed by atoms with Crippen molar-refractivity contribution in [3.63, 3.8) is 0 Å². The van der Waals surface area contributed by atoms with Gasteiger partial charge in [0, 0.05) is 6.54 Å². The molecule has 0 atom stereocenters. The van der Waals surface area contributed by atoms with Crippen LogP contribution in [0.25, 0.3) is 0 Å². The third kappa shape index (κ3) is 4.71. The van der Waals surface area contributed by atoms with E-state index in [1.165, 1.54) is 5.57 Å². The van der Waals surface area contributed by atoms with Crippen molar-refractivity contribution < 1.29 is 8.42 Å².